The number of nitrogens with zero attached hydrogens (tertiary/aromatic N) is 1. The van der Waals surface area contributed by atoms with Crippen LogP contribution in [0.25, 0.3) is 0 Å². The van der Waals surface area contributed by atoms with Crippen molar-refractivity contribution in [2.24, 2.45) is 0 Å². The topological polar surface area (TPSA) is 85.0 Å². The molecule has 0 bridgehead atoms. The Balaban J connectivity index is 2.38. The van der Waals surface area contributed by atoms with Gasteiger partial charge in [0, 0.05) is 13.1 Å². The minimum absolute atomic E-state index is 0.297. The number of β-amino-alcohol motifs (C(OH)–C–C–N with tert-alkyl or cyclic N) is 1. The Bertz CT molecular complexity index is 460. The molecular formula is C11H16N2O4S. The third-order valence-corrected chi connectivity index (χ3v) is 4.14. The molecule has 0 aliphatic carbocycles. The van der Waals surface area contributed by atoms with Crippen LogP contribution in [0.1, 0.15) is 16.1 Å². The second-order valence-corrected chi connectivity index (χ2v) is 5.06. The van der Waals surface area contributed by atoms with Crippen LogP contribution in [0.2, 0.25) is 0 Å². The van der Waals surface area contributed by atoms with Crippen molar-refractivity contribution < 1.29 is 19.4 Å². The van der Waals surface area contributed by atoms with Crippen LogP contribution in [0.3, 0.4) is 0 Å². The largest absolute Gasteiger partial charge is 0.492 e. The van der Waals surface area contributed by atoms with E-state index in [9.17, 15) is 9.90 Å². The lowest BCUT2D eigenvalue weighted by molar-refractivity contribution is 0.0607. The Morgan fingerprint density at radius 3 is 2.78 bits per heavy atom. The van der Waals surface area contributed by atoms with Crippen molar-refractivity contribution >= 4 is 28.0 Å². The first-order chi connectivity index (χ1) is 8.58. The molecule has 0 amide bonds. The maximum atomic E-state index is 11.6. The highest BCUT2D eigenvalue weighted by Crippen LogP contribution is 2.45. The molecule has 6 nitrogen and oxygen atoms in total. The van der Waals surface area contributed by atoms with Crippen molar-refractivity contribution in [2.45, 2.75) is 12.5 Å². The number of aliphatic hydroxyl groups is 1. The molecule has 3 N–H and O–H groups in total. The number of aliphatic hydroxyl groups excluding tert-OH is 1. The fourth-order valence-corrected chi connectivity index (χ4v) is 3.14. The summed E-state index contributed by atoms with van der Waals surface area (Å²) in [5.74, 6) is 0.0105. The SMILES string of the molecule is COC(=O)c1sc(N2CCC(O)C2)c(OC)c1N. The van der Waals surface area contributed by atoms with Crippen molar-refractivity contribution in [3.8, 4) is 5.75 Å². The van der Waals surface area contributed by atoms with E-state index in [4.69, 9.17) is 10.5 Å². The molecule has 2 rings (SSSR count). The third-order valence-electron chi connectivity index (χ3n) is 2.91. The van der Waals surface area contributed by atoms with Gasteiger partial charge in [-0.25, -0.2) is 4.79 Å². The van der Waals surface area contributed by atoms with Crippen molar-refractivity contribution in [1.29, 1.82) is 0 Å². The number of rotatable bonds is 3. The number of nitrogen functional groups attached to an aromatic ring is 1. The Hall–Kier alpha value is -1.47. The predicted molar refractivity (Wildman–Crippen MR) is 69.5 cm³/mol. The van der Waals surface area contributed by atoms with Crippen LogP contribution in [0.15, 0.2) is 0 Å². The van der Waals surface area contributed by atoms with Gasteiger partial charge in [0.2, 0.25) is 0 Å². The third kappa shape index (κ3) is 2.11. The minimum Gasteiger partial charge on any atom is -0.492 e. The van der Waals surface area contributed by atoms with Crippen LogP contribution in [0.4, 0.5) is 10.7 Å². The number of thiophene rings is 1. The molecule has 2 heterocycles. The molecule has 1 aliphatic heterocycles. The van der Waals surface area contributed by atoms with Crippen molar-refractivity contribution in [2.75, 3.05) is 37.9 Å². The Kier molecular flexibility index (Phi) is 3.63. The summed E-state index contributed by atoms with van der Waals surface area (Å²) in [6.45, 7) is 1.25. The molecule has 1 aromatic heterocycles. The number of anilines is 2. The number of esters is 1. The first kappa shape index (κ1) is 13.0. The van der Waals surface area contributed by atoms with E-state index in [1.165, 1.54) is 25.6 Å². The lowest BCUT2D eigenvalue weighted by Crippen LogP contribution is -2.20. The average molecular weight is 272 g/mol. The van der Waals surface area contributed by atoms with Crippen LogP contribution >= 0.6 is 11.3 Å². The van der Waals surface area contributed by atoms with Crippen molar-refractivity contribution in [3.05, 3.63) is 4.88 Å². The van der Waals surface area contributed by atoms with Gasteiger partial charge >= 0.3 is 5.97 Å². The first-order valence-corrected chi connectivity index (χ1v) is 6.37. The standard InChI is InChI=1S/C11H16N2O4S/c1-16-8-7(12)9(11(15)17-2)18-10(8)13-4-3-6(14)5-13/h6,14H,3-5,12H2,1-2H3. The zero-order valence-electron chi connectivity index (χ0n) is 10.3. The molecule has 1 atom stereocenters. The normalized spacial score (nSPS) is 19.1. The van der Waals surface area contributed by atoms with E-state index in [0.29, 0.717) is 29.3 Å². The monoisotopic (exact) mass is 272 g/mol. The van der Waals surface area contributed by atoms with Gasteiger partial charge < -0.3 is 25.2 Å². The average Bonchev–Trinajstić information content (AvgIpc) is 2.92. The number of hydrogen-bond donors (Lipinski definition) is 2. The van der Waals surface area contributed by atoms with Crippen LogP contribution in [-0.4, -0.2) is 44.5 Å². The maximum absolute atomic E-state index is 11.6. The van der Waals surface area contributed by atoms with Crippen LogP contribution < -0.4 is 15.4 Å². The van der Waals surface area contributed by atoms with E-state index in [1.807, 2.05) is 4.90 Å². The highest BCUT2D eigenvalue weighted by Gasteiger charge is 2.29. The number of nitrogens with two attached hydrogens (primary N) is 1. The minimum atomic E-state index is -0.471. The van der Waals surface area contributed by atoms with Crippen molar-refractivity contribution in [1.82, 2.24) is 0 Å². The van der Waals surface area contributed by atoms with E-state index >= 15 is 0 Å². The van der Waals surface area contributed by atoms with E-state index in [0.717, 1.165) is 11.5 Å². The lowest BCUT2D eigenvalue weighted by Gasteiger charge is -2.16. The summed E-state index contributed by atoms with van der Waals surface area (Å²) in [7, 11) is 2.82. The van der Waals surface area contributed by atoms with E-state index in [1.54, 1.807) is 0 Å². The summed E-state index contributed by atoms with van der Waals surface area (Å²) < 4.78 is 9.94. The molecule has 100 valence electrons. The summed E-state index contributed by atoms with van der Waals surface area (Å²) >= 11 is 1.23. The van der Waals surface area contributed by atoms with Gasteiger partial charge in [0.05, 0.1) is 20.3 Å². The van der Waals surface area contributed by atoms with Gasteiger partial charge in [0.1, 0.15) is 15.6 Å². The second-order valence-electron chi connectivity index (χ2n) is 4.06. The number of hydrogen-bond acceptors (Lipinski definition) is 7. The van der Waals surface area contributed by atoms with E-state index in [2.05, 4.69) is 4.74 Å². The zero-order chi connectivity index (χ0) is 13.3. The molecule has 1 saturated heterocycles. The van der Waals surface area contributed by atoms with Gasteiger partial charge in [-0.15, -0.1) is 11.3 Å². The smallest absolute Gasteiger partial charge is 0.350 e. The summed E-state index contributed by atoms with van der Waals surface area (Å²) in [5.41, 5.74) is 6.19. The predicted octanol–water partition coefficient (Wildman–Crippen LogP) is 0.697. The van der Waals surface area contributed by atoms with Crippen molar-refractivity contribution in [3.63, 3.8) is 0 Å². The molecule has 0 aromatic carbocycles. The van der Waals surface area contributed by atoms with Crippen LogP contribution in [0.5, 0.6) is 5.75 Å². The highest BCUT2D eigenvalue weighted by atomic mass is 32.1. The zero-order valence-corrected chi connectivity index (χ0v) is 11.1. The summed E-state index contributed by atoms with van der Waals surface area (Å²) in [6.07, 6.45) is 0.355. The first-order valence-electron chi connectivity index (χ1n) is 5.56. The molecule has 1 aliphatic rings. The van der Waals surface area contributed by atoms with E-state index < -0.39 is 5.97 Å². The van der Waals surface area contributed by atoms with Crippen LogP contribution in [-0.2, 0) is 4.74 Å². The molecular weight excluding hydrogens is 256 g/mol. The second kappa shape index (κ2) is 5.03. The van der Waals surface area contributed by atoms with Gasteiger partial charge in [-0.1, -0.05) is 0 Å². The van der Waals surface area contributed by atoms with Crippen LogP contribution in [0, 0.1) is 0 Å². The summed E-state index contributed by atoms with van der Waals surface area (Å²) in [4.78, 5) is 13.9. The summed E-state index contributed by atoms with van der Waals surface area (Å²) in [5, 5.41) is 10.3. The molecule has 1 unspecified atom stereocenters. The van der Waals surface area contributed by atoms with Gasteiger partial charge in [-0.2, -0.15) is 0 Å². The van der Waals surface area contributed by atoms with Gasteiger partial charge in [0.25, 0.3) is 0 Å². The fraction of sp³-hybridized carbons (Fsp3) is 0.545. The molecule has 18 heavy (non-hydrogen) atoms. The van der Waals surface area contributed by atoms with Gasteiger partial charge in [-0.3, -0.25) is 0 Å². The lowest BCUT2D eigenvalue weighted by atomic mass is 10.3. The Morgan fingerprint density at radius 2 is 2.28 bits per heavy atom. The molecule has 1 aromatic rings. The number of carbonyl (C=O) groups excluding carboxylic acids is 1. The number of ether oxygens (including phenoxy) is 2. The molecule has 1 fully saturated rings. The van der Waals surface area contributed by atoms with E-state index in [-0.39, 0.29) is 6.10 Å². The molecule has 7 heteroatoms. The number of methoxy groups -OCH3 is 2. The highest BCUT2D eigenvalue weighted by molar-refractivity contribution is 7.19. The van der Waals surface area contributed by atoms with Gasteiger partial charge in [-0.05, 0) is 6.42 Å². The van der Waals surface area contributed by atoms with Gasteiger partial charge in [0.15, 0.2) is 5.75 Å². The fourth-order valence-electron chi connectivity index (χ4n) is 1.99. The summed E-state index contributed by atoms with van der Waals surface area (Å²) in [6, 6.07) is 0. The molecule has 0 spiro atoms. The molecule has 0 saturated carbocycles. The molecule has 0 radical (unpaired) electrons. The Morgan fingerprint density at radius 1 is 1.56 bits per heavy atom. The maximum Gasteiger partial charge on any atom is 0.350 e. The quantitative estimate of drug-likeness (QED) is 0.788. The number of carbonyl (C=O) groups is 1. The Labute approximate surface area is 109 Å².